The van der Waals surface area contributed by atoms with E-state index in [1.807, 2.05) is 54.6 Å². The standard InChI is InChI=1S/C21H26N2O4/c1-16(20(24)25)14-23(2)21(26)22-12-11-17-9-6-10-19(13-17)27-15-18-7-4-3-5-8-18/h3-10,13,16H,11-12,14-15H2,1-2H3,(H,22,26)(H,24,25). The van der Waals surface area contributed by atoms with Gasteiger partial charge in [-0.1, -0.05) is 49.4 Å². The molecule has 2 aromatic rings. The van der Waals surface area contributed by atoms with Crippen LogP contribution in [-0.4, -0.2) is 42.1 Å². The number of hydrogen-bond acceptors (Lipinski definition) is 3. The van der Waals surface area contributed by atoms with Crippen molar-refractivity contribution in [1.82, 2.24) is 10.2 Å². The third-order valence-corrected chi connectivity index (χ3v) is 4.15. The number of nitrogens with zero attached hydrogens (tertiary/aromatic N) is 1. The summed E-state index contributed by atoms with van der Waals surface area (Å²) in [5.74, 6) is -0.726. The van der Waals surface area contributed by atoms with Crippen molar-refractivity contribution in [2.24, 2.45) is 5.92 Å². The van der Waals surface area contributed by atoms with Crippen LogP contribution >= 0.6 is 0 Å². The molecule has 0 aliphatic heterocycles. The molecule has 2 amide bonds. The molecular formula is C21H26N2O4. The van der Waals surface area contributed by atoms with Gasteiger partial charge in [0.15, 0.2) is 0 Å². The van der Waals surface area contributed by atoms with E-state index in [0.717, 1.165) is 16.9 Å². The average Bonchev–Trinajstić information content (AvgIpc) is 2.67. The van der Waals surface area contributed by atoms with Gasteiger partial charge in [-0.15, -0.1) is 0 Å². The molecule has 0 aliphatic rings. The van der Waals surface area contributed by atoms with Crippen molar-refractivity contribution in [3.05, 3.63) is 65.7 Å². The van der Waals surface area contributed by atoms with Gasteiger partial charge in [0.25, 0.3) is 0 Å². The van der Waals surface area contributed by atoms with Gasteiger partial charge in [0.1, 0.15) is 12.4 Å². The number of nitrogens with one attached hydrogen (secondary N) is 1. The Hall–Kier alpha value is -3.02. The number of ether oxygens (including phenoxy) is 1. The van der Waals surface area contributed by atoms with Crippen molar-refractivity contribution >= 4 is 12.0 Å². The fourth-order valence-electron chi connectivity index (χ4n) is 2.55. The SMILES string of the molecule is CC(CN(C)C(=O)NCCc1cccc(OCc2ccccc2)c1)C(=O)O. The molecule has 6 nitrogen and oxygen atoms in total. The Morgan fingerprint density at radius 2 is 1.81 bits per heavy atom. The molecule has 0 saturated heterocycles. The van der Waals surface area contributed by atoms with Gasteiger partial charge in [0.2, 0.25) is 0 Å². The third-order valence-electron chi connectivity index (χ3n) is 4.15. The fourth-order valence-corrected chi connectivity index (χ4v) is 2.55. The first-order valence-corrected chi connectivity index (χ1v) is 8.93. The lowest BCUT2D eigenvalue weighted by molar-refractivity contribution is -0.141. The zero-order valence-electron chi connectivity index (χ0n) is 15.7. The molecule has 144 valence electrons. The van der Waals surface area contributed by atoms with Crippen LogP contribution in [0.25, 0.3) is 0 Å². The van der Waals surface area contributed by atoms with Crippen molar-refractivity contribution in [3.8, 4) is 5.75 Å². The molecule has 0 bridgehead atoms. The zero-order chi connectivity index (χ0) is 19.6. The van der Waals surface area contributed by atoms with Crippen molar-refractivity contribution < 1.29 is 19.4 Å². The molecule has 0 aliphatic carbocycles. The molecule has 0 fully saturated rings. The molecule has 6 heteroatoms. The lowest BCUT2D eigenvalue weighted by Crippen LogP contribution is -2.41. The highest BCUT2D eigenvalue weighted by molar-refractivity contribution is 5.75. The van der Waals surface area contributed by atoms with Gasteiger partial charge in [-0.3, -0.25) is 4.79 Å². The van der Waals surface area contributed by atoms with E-state index in [1.54, 1.807) is 14.0 Å². The number of carboxylic acids is 1. The summed E-state index contributed by atoms with van der Waals surface area (Å²) in [5.41, 5.74) is 2.16. The largest absolute Gasteiger partial charge is 0.489 e. The molecule has 0 heterocycles. The molecule has 2 aromatic carbocycles. The predicted molar refractivity (Wildman–Crippen MR) is 104 cm³/mol. The van der Waals surface area contributed by atoms with Crippen LogP contribution in [0.15, 0.2) is 54.6 Å². The van der Waals surface area contributed by atoms with Gasteiger partial charge in [0.05, 0.1) is 5.92 Å². The van der Waals surface area contributed by atoms with Crippen molar-refractivity contribution in [2.45, 2.75) is 20.0 Å². The van der Waals surface area contributed by atoms with Crippen molar-refractivity contribution in [1.29, 1.82) is 0 Å². The smallest absolute Gasteiger partial charge is 0.317 e. The van der Waals surface area contributed by atoms with Crippen LogP contribution in [0.2, 0.25) is 0 Å². The van der Waals surface area contributed by atoms with Crippen LogP contribution < -0.4 is 10.1 Å². The summed E-state index contributed by atoms with van der Waals surface area (Å²) in [6.07, 6.45) is 0.663. The second kappa shape index (κ2) is 10.2. The Morgan fingerprint density at radius 1 is 1.11 bits per heavy atom. The number of rotatable bonds is 9. The molecule has 2 N–H and O–H groups in total. The molecule has 0 saturated carbocycles. The summed E-state index contributed by atoms with van der Waals surface area (Å²) < 4.78 is 5.81. The minimum atomic E-state index is -0.915. The number of urea groups is 1. The zero-order valence-corrected chi connectivity index (χ0v) is 15.7. The molecule has 0 radical (unpaired) electrons. The molecule has 1 unspecified atom stereocenters. The number of aliphatic carboxylic acids is 1. The third kappa shape index (κ3) is 7.01. The lowest BCUT2D eigenvalue weighted by Gasteiger charge is -2.20. The minimum Gasteiger partial charge on any atom is -0.489 e. The summed E-state index contributed by atoms with van der Waals surface area (Å²) in [5, 5.41) is 11.7. The topological polar surface area (TPSA) is 78.9 Å². The van der Waals surface area contributed by atoms with E-state index in [4.69, 9.17) is 9.84 Å². The van der Waals surface area contributed by atoms with E-state index in [1.165, 1.54) is 4.90 Å². The molecule has 0 spiro atoms. The number of carbonyl (C=O) groups excluding carboxylic acids is 1. The van der Waals surface area contributed by atoms with E-state index < -0.39 is 11.9 Å². The fraction of sp³-hybridized carbons (Fsp3) is 0.333. The first-order valence-electron chi connectivity index (χ1n) is 8.93. The minimum absolute atomic E-state index is 0.171. The van der Waals surface area contributed by atoms with Crippen LogP contribution in [0.5, 0.6) is 5.75 Å². The van der Waals surface area contributed by atoms with Gasteiger partial charge >= 0.3 is 12.0 Å². The second-order valence-corrected chi connectivity index (χ2v) is 6.52. The lowest BCUT2D eigenvalue weighted by atomic mass is 10.1. The highest BCUT2D eigenvalue weighted by Crippen LogP contribution is 2.15. The maximum absolute atomic E-state index is 12.0. The summed E-state index contributed by atoms with van der Waals surface area (Å²) in [6.45, 7) is 2.72. The highest BCUT2D eigenvalue weighted by atomic mass is 16.5. The number of carboxylic acid groups (broad SMARTS) is 1. The van der Waals surface area contributed by atoms with Crippen LogP contribution in [0.4, 0.5) is 4.79 Å². The number of hydrogen-bond donors (Lipinski definition) is 2. The van der Waals surface area contributed by atoms with Crippen LogP contribution in [-0.2, 0) is 17.8 Å². The van der Waals surface area contributed by atoms with Crippen LogP contribution in [0, 0.1) is 5.92 Å². The maximum atomic E-state index is 12.0. The van der Waals surface area contributed by atoms with E-state index in [-0.39, 0.29) is 12.6 Å². The summed E-state index contributed by atoms with van der Waals surface area (Å²) in [7, 11) is 1.59. The number of amides is 2. The normalized spacial score (nSPS) is 11.5. The van der Waals surface area contributed by atoms with Crippen LogP contribution in [0.1, 0.15) is 18.1 Å². The first-order chi connectivity index (χ1) is 13.0. The maximum Gasteiger partial charge on any atom is 0.317 e. The first kappa shape index (κ1) is 20.3. The van der Waals surface area contributed by atoms with Crippen molar-refractivity contribution in [3.63, 3.8) is 0 Å². The summed E-state index contributed by atoms with van der Waals surface area (Å²) in [6, 6.07) is 17.5. The number of benzene rings is 2. The Labute approximate surface area is 159 Å². The molecule has 0 aromatic heterocycles. The Bertz CT molecular complexity index is 749. The van der Waals surface area contributed by atoms with Gasteiger partial charge in [-0.25, -0.2) is 4.79 Å². The summed E-state index contributed by atoms with van der Waals surface area (Å²) >= 11 is 0. The Morgan fingerprint density at radius 3 is 2.52 bits per heavy atom. The predicted octanol–water partition coefficient (Wildman–Crippen LogP) is 3.17. The highest BCUT2D eigenvalue weighted by Gasteiger charge is 2.16. The van der Waals surface area contributed by atoms with E-state index in [2.05, 4.69) is 5.32 Å². The molecule has 27 heavy (non-hydrogen) atoms. The van der Waals surface area contributed by atoms with Gasteiger partial charge in [-0.05, 0) is 29.7 Å². The van der Waals surface area contributed by atoms with Gasteiger partial charge in [0, 0.05) is 20.1 Å². The quantitative estimate of drug-likeness (QED) is 0.711. The number of carbonyl (C=O) groups is 2. The van der Waals surface area contributed by atoms with Gasteiger partial charge < -0.3 is 20.1 Å². The van der Waals surface area contributed by atoms with E-state index >= 15 is 0 Å². The Kier molecular flexibility index (Phi) is 7.67. The van der Waals surface area contributed by atoms with Gasteiger partial charge in [-0.2, -0.15) is 0 Å². The second-order valence-electron chi connectivity index (χ2n) is 6.52. The van der Waals surface area contributed by atoms with Crippen LogP contribution in [0.3, 0.4) is 0 Å². The average molecular weight is 370 g/mol. The molecule has 1 atom stereocenters. The van der Waals surface area contributed by atoms with E-state index in [9.17, 15) is 9.59 Å². The summed E-state index contributed by atoms with van der Waals surface area (Å²) in [4.78, 5) is 24.3. The molecule has 2 rings (SSSR count). The van der Waals surface area contributed by atoms with Crippen molar-refractivity contribution in [2.75, 3.05) is 20.1 Å². The Balaban J connectivity index is 1.77. The molecular weight excluding hydrogens is 344 g/mol. The van der Waals surface area contributed by atoms with E-state index in [0.29, 0.717) is 19.6 Å². The monoisotopic (exact) mass is 370 g/mol.